The zero-order chi connectivity index (χ0) is 20.1. The van der Waals surface area contributed by atoms with Crippen molar-refractivity contribution in [2.45, 2.75) is 71.4 Å². The van der Waals surface area contributed by atoms with E-state index in [4.69, 9.17) is 0 Å². The van der Waals surface area contributed by atoms with Crippen LogP contribution in [0, 0.1) is 11.8 Å². The van der Waals surface area contributed by atoms with Gasteiger partial charge in [0.2, 0.25) is 5.91 Å². The first-order valence-electron chi connectivity index (χ1n) is 10.9. The van der Waals surface area contributed by atoms with Crippen LogP contribution in [0.3, 0.4) is 0 Å². The van der Waals surface area contributed by atoms with Gasteiger partial charge in [-0.05, 0) is 50.7 Å². The number of nitrogens with zero attached hydrogens (tertiary/aromatic N) is 1. The number of hydrogen-bond donors (Lipinski definition) is 2. The van der Waals surface area contributed by atoms with Crippen molar-refractivity contribution in [2.75, 3.05) is 18.0 Å². The Morgan fingerprint density at radius 1 is 1.00 bits per heavy atom. The van der Waals surface area contributed by atoms with Crippen molar-refractivity contribution in [2.24, 2.45) is 11.8 Å². The van der Waals surface area contributed by atoms with Crippen molar-refractivity contribution in [3.63, 3.8) is 0 Å². The summed E-state index contributed by atoms with van der Waals surface area (Å²) in [5.41, 5.74) is 1.74. The highest BCUT2D eigenvalue weighted by molar-refractivity contribution is 6.00. The predicted octanol–water partition coefficient (Wildman–Crippen LogP) is 3.74. The number of carbonyl (C=O) groups excluding carboxylic acids is 2. The molecule has 0 radical (unpaired) electrons. The molecule has 3 rings (SSSR count). The molecule has 1 aliphatic heterocycles. The van der Waals surface area contributed by atoms with Gasteiger partial charge in [0.15, 0.2) is 0 Å². The fraction of sp³-hybridized carbons (Fsp3) is 0.652. The topological polar surface area (TPSA) is 61.4 Å². The normalized spacial score (nSPS) is 19.6. The molecule has 2 fully saturated rings. The molecule has 1 saturated carbocycles. The number of para-hydroxylation sites is 1. The second kappa shape index (κ2) is 9.44. The number of hydrogen-bond acceptors (Lipinski definition) is 3. The van der Waals surface area contributed by atoms with E-state index in [1.807, 2.05) is 31.2 Å². The van der Waals surface area contributed by atoms with Crippen LogP contribution < -0.4 is 15.5 Å². The van der Waals surface area contributed by atoms with E-state index < -0.39 is 0 Å². The lowest BCUT2D eigenvalue weighted by Gasteiger charge is -2.35. The number of benzene rings is 1. The number of carbonyl (C=O) groups is 2. The van der Waals surface area contributed by atoms with E-state index in [1.54, 1.807) is 0 Å². The Kier molecular flexibility index (Phi) is 6.97. The highest BCUT2D eigenvalue weighted by Crippen LogP contribution is 2.27. The van der Waals surface area contributed by atoms with Gasteiger partial charge in [0, 0.05) is 36.8 Å². The third-order valence-corrected chi connectivity index (χ3v) is 6.42. The van der Waals surface area contributed by atoms with Crippen LogP contribution in [0.5, 0.6) is 0 Å². The van der Waals surface area contributed by atoms with E-state index >= 15 is 0 Å². The molecule has 5 nitrogen and oxygen atoms in total. The average Bonchev–Trinajstić information content (AvgIpc) is 3.23. The molecule has 0 bridgehead atoms. The number of anilines is 1. The largest absolute Gasteiger partial charge is 0.371 e. The van der Waals surface area contributed by atoms with Crippen molar-refractivity contribution in [1.82, 2.24) is 10.6 Å². The summed E-state index contributed by atoms with van der Waals surface area (Å²) in [5, 5.41) is 6.38. The molecule has 1 aromatic rings. The standard InChI is InChI=1S/C23H35N3O2/c1-16(2)17(3)24-23(28)20-10-6-7-11-21(20)26-14-12-19(13-15-26)25-22(27)18-8-4-5-9-18/h6-7,10-11,16-19H,4-5,8-9,12-15H2,1-3H3,(H,24,28)(H,25,27)/t17-/m0/s1. The number of nitrogens with one attached hydrogen (secondary N) is 2. The maximum Gasteiger partial charge on any atom is 0.253 e. The van der Waals surface area contributed by atoms with Gasteiger partial charge < -0.3 is 15.5 Å². The summed E-state index contributed by atoms with van der Waals surface area (Å²) in [6.45, 7) is 7.99. The minimum Gasteiger partial charge on any atom is -0.371 e. The summed E-state index contributed by atoms with van der Waals surface area (Å²) in [4.78, 5) is 27.5. The Bertz CT molecular complexity index is 674. The van der Waals surface area contributed by atoms with E-state index in [2.05, 4.69) is 29.4 Å². The zero-order valence-corrected chi connectivity index (χ0v) is 17.5. The van der Waals surface area contributed by atoms with Gasteiger partial charge in [0.05, 0.1) is 5.56 Å². The van der Waals surface area contributed by atoms with E-state index in [9.17, 15) is 9.59 Å². The minimum atomic E-state index is -0.00606. The van der Waals surface area contributed by atoms with Gasteiger partial charge in [-0.1, -0.05) is 38.8 Å². The molecule has 5 heteroatoms. The monoisotopic (exact) mass is 385 g/mol. The summed E-state index contributed by atoms with van der Waals surface area (Å²) in [5.74, 6) is 0.868. The van der Waals surface area contributed by atoms with E-state index in [1.165, 1.54) is 12.8 Å². The Hall–Kier alpha value is -2.04. The molecule has 1 aliphatic carbocycles. The molecular formula is C23H35N3O2. The Balaban J connectivity index is 1.58. The van der Waals surface area contributed by atoms with Crippen molar-refractivity contribution in [3.05, 3.63) is 29.8 Å². The molecule has 0 aromatic heterocycles. The van der Waals surface area contributed by atoms with Gasteiger partial charge in [-0.25, -0.2) is 0 Å². The molecule has 1 atom stereocenters. The van der Waals surface area contributed by atoms with Crippen molar-refractivity contribution >= 4 is 17.5 Å². The maximum absolute atomic E-state index is 12.8. The van der Waals surface area contributed by atoms with Crippen LogP contribution in [-0.4, -0.2) is 37.0 Å². The van der Waals surface area contributed by atoms with Crippen molar-refractivity contribution in [3.8, 4) is 0 Å². The number of piperidine rings is 1. The van der Waals surface area contributed by atoms with Crippen LogP contribution in [0.25, 0.3) is 0 Å². The zero-order valence-electron chi connectivity index (χ0n) is 17.5. The van der Waals surface area contributed by atoms with Gasteiger partial charge in [-0.3, -0.25) is 9.59 Å². The molecule has 2 aliphatic rings. The quantitative estimate of drug-likeness (QED) is 0.784. The smallest absolute Gasteiger partial charge is 0.253 e. The maximum atomic E-state index is 12.8. The van der Waals surface area contributed by atoms with Crippen LogP contribution in [0.1, 0.15) is 69.7 Å². The van der Waals surface area contributed by atoms with Gasteiger partial charge in [-0.15, -0.1) is 0 Å². The molecule has 1 aromatic carbocycles. The lowest BCUT2D eigenvalue weighted by molar-refractivity contribution is -0.125. The molecule has 0 spiro atoms. The Morgan fingerprint density at radius 3 is 2.29 bits per heavy atom. The van der Waals surface area contributed by atoms with Crippen LogP contribution in [0.15, 0.2) is 24.3 Å². The summed E-state index contributed by atoms with van der Waals surface area (Å²) in [6.07, 6.45) is 6.31. The van der Waals surface area contributed by atoms with E-state index in [0.717, 1.165) is 50.0 Å². The summed E-state index contributed by atoms with van der Waals surface area (Å²) in [7, 11) is 0. The molecular weight excluding hydrogens is 350 g/mol. The third-order valence-electron chi connectivity index (χ3n) is 6.42. The summed E-state index contributed by atoms with van der Waals surface area (Å²) >= 11 is 0. The first-order valence-corrected chi connectivity index (χ1v) is 10.9. The third kappa shape index (κ3) is 5.06. The molecule has 0 unspecified atom stereocenters. The molecule has 1 heterocycles. The number of rotatable bonds is 6. The molecule has 2 N–H and O–H groups in total. The second-order valence-electron chi connectivity index (χ2n) is 8.77. The van der Waals surface area contributed by atoms with Gasteiger partial charge in [-0.2, -0.15) is 0 Å². The Labute approximate surface area is 169 Å². The van der Waals surface area contributed by atoms with Crippen LogP contribution in [0.4, 0.5) is 5.69 Å². The summed E-state index contributed by atoms with van der Waals surface area (Å²) < 4.78 is 0. The first-order chi connectivity index (χ1) is 13.5. The highest BCUT2D eigenvalue weighted by Gasteiger charge is 2.28. The molecule has 28 heavy (non-hydrogen) atoms. The SMILES string of the molecule is CC(C)[C@H](C)NC(=O)c1ccccc1N1CCC(NC(=O)C2CCCC2)CC1. The fourth-order valence-corrected chi connectivity index (χ4v) is 4.16. The predicted molar refractivity (Wildman–Crippen MR) is 114 cm³/mol. The van der Waals surface area contributed by atoms with Crippen LogP contribution >= 0.6 is 0 Å². The van der Waals surface area contributed by atoms with Gasteiger partial charge in [0.1, 0.15) is 0 Å². The van der Waals surface area contributed by atoms with Crippen LogP contribution in [0.2, 0.25) is 0 Å². The fourth-order valence-electron chi connectivity index (χ4n) is 4.16. The average molecular weight is 386 g/mol. The van der Waals surface area contributed by atoms with E-state index in [0.29, 0.717) is 5.92 Å². The van der Waals surface area contributed by atoms with Gasteiger partial charge >= 0.3 is 0 Å². The molecule has 154 valence electrons. The second-order valence-corrected chi connectivity index (χ2v) is 8.77. The molecule has 2 amide bonds. The lowest BCUT2D eigenvalue weighted by atomic mass is 10.0. The van der Waals surface area contributed by atoms with Crippen molar-refractivity contribution < 1.29 is 9.59 Å². The first kappa shape index (κ1) is 20.7. The van der Waals surface area contributed by atoms with E-state index in [-0.39, 0.29) is 29.8 Å². The lowest BCUT2D eigenvalue weighted by Crippen LogP contribution is -2.46. The highest BCUT2D eigenvalue weighted by atomic mass is 16.2. The van der Waals surface area contributed by atoms with Crippen LogP contribution in [-0.2, 0) is 4.79 Å². The molecule has 1 saturated heterocycles. The Morgan fingerprint density at radius 2 is 1.64 bits per heavy atom. The number of amides is 2. The summed E-state index contributed by atoms with van der Waals surface area (Å²) in [6, 6.07) is 8.25. The van der Waals surface area contributed by atoms with Crippen molar-refractivity contribution in [1.29, 1.82) is 0 Å². The van der Waals surface area contributed by atoms with Gasteiger partial charge in [0.25, 0.3) is 5.91 Å². The minimum absolute atomic E-state index is 0.00606.